The predicted molar refractivity (Wildman–Crippen MR) is 195 cm³/mol. The van der Waals surface area contributed by atoms with Crippen LogP contribution in [-0.2, 0) is 26.2 Å². The Bertz CT molecular complexity index is 2180. The predicted octanol–water partition coefficient (Wildman–Crippen LogP) is 2.77. The van der Waals surface area contributed by atoms with E-state index in [1.54, 1.807) is 57.9 Å². The van der Waals surface area contributed by atoms with Gasteiger partial charge in [0.15, 0.2) is 0 Å². The number of amides is 4. The zero-order valence-electron chi connectivity index (χ0n) is 29.7. The Morgan fingerprint density at radius 3 is 1.44 bits per heavy atom. The molecule has 2 aromatic carbocycles. The molecular weight excluding hydrogens is 666 g/mol. The number of aryl methyl sites for hydroxylation is 4. The lowest BCUT2D eigenvalue weighted by Gasteiger charge is -2.20. The fourth-order valence-electron chi connectivity index (χ4n) is 6.13. The Morgan fingerprint density at radius 2 is 1.08 bits per heavy atom. The summed E-state index contributed by atoms with van der Waals surface area (Å²) in [6, 6.07) is 13.4. The van der Waals surface area contributed by atoms with Crippen molar-refractivity contribution >= 4 is 57.6 Å². The van der Waals surface area contributed by atoms with E-state index in [2.05, 4.69) is 35.7 Å². The molecule has 0 bridgehead atoms. The molecule has 6 N–H and O–H groups in total. The number of hydrogen-bond acceptors (Lipinski definition) is 9. The highest BCUT2D eigenvalue weighted by molar-refractivity contribution is 6.04. The fraction of sp³-hybridized carbons (Fsp3) is 0.314. The zero-order chi connectivity index (χ0) is 37.3. The van der Waals surface area contributed by atoms with Crippen LogP contribution in [0.4, 0.5) is 11.9 Å². The van der Waals surface area contributed by atoms with Crippen LogP contribution in [0.25, 0.3) is 22.1 Å². The van der Waals surface area contributed by atoms with E-state index in [9.17, 15) is 19.2 Å². The molecule has 17 nitrogen and oxygen atoms in total. The Hall–Kier alpha value is -6.36. The number of anilines is 2. The maximum Gasteiger partial charge on any atom is 0.276 e. The minimum Gasteiger partial charge on any atom is -0.366 e. The second-order valence-corrected chi connectivity index (χ2v) is 12.5. The zero-order valence-corrected chi connectivity index (χ0v) is 29.7. The number of primary amides is 2. The molecule has 0 aliphatic carbocycles. The van der Waals surface area contributed by atoms with Crippen LogP contribution >= 0.6 is 0 Å². The van der Waals surface area contributed by atoms with Crippen molar-refractivity contribution < 1.29 is 19.2 Å². The average molecular weight is 708 g/mol. The van der Waals surface area contributed by atoms with Gasteiger partial charge in [-0.25, -0.2) is 9.97 Å². The molecule has 4 amide bonds. The fourth-order valence-corrected chi connectivity index (χ4v) is 6.13. The topological polar surface area (TPSA) is 219 Å². The summed E-state index contributed by atoms with van der Waals surface area (Å²) >= 11 is 0. The molecule has 0 aliphatic rings. The number of nitrogens with one attached hydrogen (secondary N) is 2. The third kappa shape index (κ3) is 7.11. The van der Waals surface area contributed by atoms with Crippen LogP contribution in [0.1, 0.15) is 66.9 Å². The van der Waals surface area contributed by atoms with Crippen LogP contribution in [0, 0.1) is 13.8 Å². The van der Waals surface area contributed by atoms with E-state index in [0.717, 1.165) is 11.4 Å². The molecule has 0 saturated heterocycles. The van der Waals surface area contributed by atoms with Gasteiger partial charge in [0.05, 0.1) is 33.5 Å². The first-order valence-electron chi connectivity index (χ1n) is 16.9. The Kier molecular flexibility index (Phi) is 9.87. The highest BCUT2D eigenvalue weighted by Gasteiger charge is 2.21. The first kappa shape index (κ1) is 35.5. The van der Waals surface area contributed by atoms with Gasteiger partial charge in [-0.15, -0.1) is 0 Å². The first-order valence-corrected chi connectivity index (χ1v) is 16.9. The Morgan fingerprint density at radius 1 is 0.673 bits per heavy atom. The molecule has 4 heterocycles. The number of carbonyl (C=O) groups excluding carboxylic acids is 4. The van der Waals surface area contributed by atoms with Crippen molar-refractivity contribution in [1.29, 1.82) is 0 Å². The van der Waals surface area contributed by atoms with E-state index in [4.69, 9.17) is 11.5 Å². The van der Waals surface area contributed by atoms with Crippen molar-refractivity contribution in [3.05, 3.63) is 82.4 Å². The molecule has 270 valence electrons. The summed E-state index contributed by atoms with van der Waals surface area (Å²) in [4.78, 5) is 62.1. The lowest BCUT2D eigenvalue weighted by atomic mass is 10.2. The minimum absolute atomic E-state index is 0.305. The smallest absolute Gasteiger partial charge is 0.276 e. The average Bonchev–Trinajstić information content (AvgIpc) is 3.87. The van der Waals surface area contributed by atoms with Crippen molar-refractivity contribution in [2.45, 2.75) is 53.9 Å². The molecule has 0 saturated carbocycles. The van der Waals surface area contributed by atoms with Crippen LogP contribution in [0.15, 0.2) is 48.5 Å². The maximum absolute atomic E-state index is 13.4. The second kappa shape index (κ2) is 14.5. The highest BCUT2D eigenvalue weighted by atomic mass is 16.2. The molecule has 0 aliphatic heterocycles. The van der Waals surface area contributed by atoms with Gasteiger partial charge in [0.1, 0.15) is 11.4 Å². The minimum atomic E-state index is -0.580. The second-order valence-electron chi connectivity index (χ2n) is 12.5. The van der Waals surface area contributed by atoms with E-state index in [0.29, 0.717) is 95.7 Å². The molecule has 17 heteroatoms. The Balaban J connectivity index is 1.24. The van der Waals surface area contributed by atoms with Crippen LogP contribution in [0.3, 0.4) is 0 Å². The normalized spacial score (nSPS) is 11.5. The molecule has 0 spiro atoms. The molecule has 4 aromatic heterocycles. The largest absolute Gasteiger partial charge is 0.366 e. The number of nitrogens with two attached hydrogens (primary N) is 2. The van der Waals surface area contributed by atoms with E-state index in [1.807, 2.05) is 43.9 Å². The van der Waals surface area contributed by atoms with E-state index in [1.165, 1.54) is 0 Å². The van der Waals surface area contributed by atoms with E-state index >= 15 is 0 Å². The lowest BCUT2D eigenvalue weighted by molar-refractivity contribution is 0.0992. The molecule has 0 fully saturated rings. The third-order valence-corrected chi connectivity index (χ3v) is 8.80. The number of hydrogen-bond donors (Lipinski definition) is 4. The summed E-state index contributed by atoms with van der Waals surface area (Å²) in [5.41, 5.74) is 16.4. The summed E-state index contributed by atoms with van der Waals surface area (Å²) < 4.78 is 7.02. The number of aromatic nitrogens is 8. The van der Waals surface area contributed by atoms with Crippen LogP contribution in [0.2, 0.25) is 0 Å². The first-order chi connectivity index (χ1) is 24.9. The van der Waals surface area contributed by atoms with E-state index < -0.39 is 11.8 Å². The molecule has 52 heavy (non-hydrogen) atoms. The maximum atomic E-state index is 13.4. The van der Waals surface area contributed by atoms with Crippen molar-refractivity contribution in [2.24, 2.45) is 11.5 Å². The van der Waals surface area contributed by atoms with Gasteiger partial charge in [0, 0.05) is 50.4 Å². The number of likely N-dealkylation sites (N-methyl/N-ethyl adjacent to an activating group) is 1. The van der Waals surface area contributed by atoms with Gasteiger partial charge in [0.25, 0.3) is 11.8 Å². The number of fused-ring (bicyclic) bond motifs is 2. The van der Waals surface area contributed by atoms with E-state index in [-0.39, 0.29) is 11.8 Å². The standard InChI is InChI=1S/C35H41N13O4/c1-6-47-28(16-20(3)42-47)32(51)40-34-38-24-18-22(30(36)49)8-10-26(24)45(34)14-12-44(5)13-15-46-27-11-9-23(31(37)50)19-25(27)39-35(46)41-33(52)29-17-21(4)43-48(29)7-2/h8-11,16-19H,6-7,12-15H2,1-5H3,(H2,36,49)(H2,37,50)(H,38,40,51)(H,39,41,52). The molecular formula is C35H41N13O4. The van der Waals surface area contributed by atoms with Gasteiger partial charge in [-0.1, -0.05) is 0 Å². The summed E-state index contributed by atoms with van der Waals surface area (Å²) in [6.45, 7) is 10.4. The summed E-state index contributed by atoms with van der Waals surface area (Å²) in [6.07, 6.45) is 0. The van der Waals surface area contributed by atoms with Crippen molar-refractivity contribution in [2.75, 3.05) is 30.8 Å². The van der Waals surface area contributed by atoms with Crippen molar-refractivity contribution in [3.63, 3.8) is 0 Å². The molecule has 6 rings (SSSR count). The van der Waals surface area contributed by atoms with Gasteiger partial charge >= 0.3 is 0 Å². The molecule has 6 aromatic rings. The molecule has 0 unspecified atom stereocenters. The third-order valence-electron chi connectivity index (χ3n) is 8.80. The Labute approximate surface area is 298 Å². The number of imidazole rings is 2. The monoisotopic (exact) mass is 707 g/mol. The number of rotatable bonds is 14. The summed E-state index contributed by atoms with van der Waals surface area (Å²) in [5, 5.41) is 14.6. The van der Waals surface area contributed by atoms with Gasteiger partial charge in [-0.05, 0) is 83.3 Å². The van der Waals surface area contributed by atoms with Crippen LogP contribution < -0.4 is 22.1 Å². The van der Waals surface area contributed by atoms with Gasteiger partial charge in [-0.2, -0.15) is 10.2 Å². The highest BCUT2D eigenvalue weighted by Crippen LogP contribution is 2.24. The van der Waals surface area contributed by atoms with Crippen molar-refractivity contribution in [3.8, 4) is 0 Å². The van der Waals surface area contributed by atoms with Gasteiger partial charge < -0.3 is 25.5 Å². The van der Waals surface area contributed by atoms with Crippen LogP contribution in [-0.4, -0.2) is 87.3 Å². The van der Waals surface area contributed by atoms with Crippen molar-refractivity contribution in [1.82, 2.24) is 43.6 Å². The van der Waals surface area contributed by atoms with Crippen LogP contribution in [0.5, 0.6) is 0 Å². The van der Waals surface area contributed by atoms with Gasteiger partial charge in [-0.3, -0.25) is 39.2 Å². The summed E-state index contributed by atoms with van der Waals surface area (Å²) in [5.74, 6) is -1.25. The quantitative estimate of drug-likeness (QED) is 0.131. The number of nitrogens with zero attached hydrogens (tertiary/aromatic N) is 9. The lowest BCUT2D eigenvalue weighted by Crippen LogP contribution is -2.28. The molecule has 0 atom stereocenters. The number of carbonyl (C=O) groups is 4. The number of benzene rings is 2. The summed E-state index contributed by atoms with van der Waals surface area (Å²) in [7, 11) is 1.95. The van der Waals surface area contributed by atoms with Gasteiger partial charge in [0.2, 0.25) is 23.7 Å². The molecule has 0 radical (unpaired) electrons. The SMILES string of the molecule is CCn1nc(C)cc1C(=O)Nc1nc2cc(C(N)=O)ccc2n1CCN(C)CCn1c(NC(=O)c2cc(C)nn2CC)nc2cc(C(N)=O)ccc21.